The molecule has 2 aliphatic rings. The van der Waals surface area contributed by atoms with Crippen LogP contribution in [-0.4, -0.2) is 48.5 Å². The minimum Gasteiger partial charge on any atom is -0.342 e. The van der Waals surface area contributed by atoms with Gasteiger partial charge in [0, 0.05) is 25.3 Å². The second kappa shape index (κ2) is 7.39. The average molecular weight is 270 g/mol. The summed E-state index contributed by atoms with van der Waals surface area (Å²) in [4.78, 5) is 14.4. The van der Waals surface area contributed by atoms with Crippen molar-refractivity contribution < 1.29 is 4.79 Å². The van der Waals surface area contributed by atoms with Gasteiger partial charge in [0.05, 0.1) is 0 Å². The summed E-state index contributed by atoms with van der Waals surface area (Å²) >= 11 is 1.98. The molecule has 0 bridgehead atoms. The van der Waals surface area contributed by atoms with Crippen molar-refractivity contribution in [3.05, 3.63) is 0 Å². The quantitative estimate of drug-likeness (QED) is 0.851. The highest BCUT2D eigenvalue weighted by Gasteiger charge is 2.24. The Bertz CT molecular complexity index is 259. The zero-order valence-corrected chi connectivity index (χ0v) is 12.3. The number of nitrogens with zero attached hydrogens (tertiary/aromatic N) is 1. The van der Waals surface area contributed by atoms with Gasteiger partial charge in [-0.25, -0.2) is 0 Å². The first kappa shape index (κ1) is 14.2. The van der Waals surface area contributed by atoms with Gasteiger partial charge in [-0.3, -0.25) is 4.79 Å². The monoisotopic (exact) mass is 270 g/mol. The van der Waals surface area contributed by atoms with Gasteiger partial charge in [-0.2, -0.15) is 11.8 Å². The zero-order chi connectivity index (χ0) is 12.8. The molecule has 18 heavy (non-hydrogen) atoms. The zero-order valence-electron chi connectivity index (χ0n) is 11.5. The predicted octanol–water partition coefficient (Wildman–Crippen LogP) is 1.98. The Morgan fingerprint density at radius 3 is 3.06 bits per heavy atom. The summed E-state index contributed by atoms with van der Waals surface area (Å²) < 4.78 is 0. The van der Waals surface area contributed by atoms with Crippen LogP contribution in [0.1, 0.15) is 32.6 Å². The molecular formula is C14H26N2OS. The van der Waals surface area contributed by atoms with E-state index in [9.17, 15) is 4.79 Å². The maximum absolute atomic E-state index is 12.3. The topological polar surface area (TPSA) is 32.3 Å². The standard InChI is InChI=1S/C14H26N2OS/c1-12(13-4-2-5-15-11-13)10-14(17)16-6-3-8-18-9-7-16/h12-13,15H,2-11H2,1H3. The van der Waals surface area contributed by atoms with Crippen LogP contribution in [0.5, 0.6) is 0 Å². The molecule has 0 radical (unpaired) electrons. The molecule has 1 N–H and O–H groups in total. The molecule has 0 aromatic heterocycles. The lowest BCUT2D eigenvalue weighted by Gasteiger charge is -2.29. The van der Waals surface area contributed by atoms with E-state index in [-0.39, 0.29) is 0 Å². The lowest BCUT2D eigenvalue weighted by molar-refractivity contribution is -0.132. The number of hydrogen-bond acceptors (Lipinski definition) is 3. The van der Waals surface area contributed by atoms with Crippen molar-refractivity contribution in [1.29, 1.82) is 0 Å². The molecule has 4 heteroatoms. The van der Waals surface area contributed by atoms with E-state index in [1.807, 2.05) is 11.8 Å². The summed E-state index contributed by atoms with van der Waals surface area (Å²) in [5.41, 5.74) is 0. The van der Waals surface area contributed by atoms with Gasteiger partial charge in [0.1, 0.15) is 0 Å². The SMILES string of the molecule is CC(CC(=O)N1CCCSCC1)C1CCCNC1. The molecule has 1 amide bonds. The van der Waals surface area contributed by atoms with Crippen LogP contribution in [-0.2, 0) is 4.79 Å². The van der Waals surface area contributed by atoms with Crippen LogP contribution in [0.2, 0.25) is 0 Å². The van der Waals surface area contributed by atoms with E-state index in [0.717, 1.165) is 44.8 Å². The Morgan fingerprint density at radius 1 is 1.39 bits per heavy atom. The third-order valence-corrected chi connectivity index (χ3v) is 5.26. The first-order valence-electron chi connectivity index (χ1n) is 7.33. The minimum atomic E-state index is 0.385. The smallest absolute Gasteiger partial charge is 0.222 e. The van der Waals surface area contributed by atoms with Gasteiger partial charge in [0.15, 0.2) is 0 Å². The highest BCUT2D eigenvalue weighted by atomic mass is 32.2. The predicted molar refractivity (Wildman–Crippen MR) is 77.9 cm³/mol. The van der Waals surface area contributed by atoms with E-state index in [0.29, 0.717) is 17.7 Å². The fraction of sp³-hybridized carbons (Fsp3) is 0.929. The third kappa shape index (κ3) is 4.16. The van der Waals surface area contributed by atoms with Gasteiger partial charge < -0.3 is 10.2 Å². The van der Waals surface area contributed by atoms with Gasteiger partial charge >= 0.3 is 0 Å². The molecule has 2 saturated heterocycles. The van der Waals surface area contributed by atoms with E-state index < -0.39 is 0 Å². The lowest BCUT2D eigenvalue weighted by atomic mass is 9.85. The second-order valence-corrected chi connectivity index (χ2v) is 6.86. The molecule has 2 unspecified atom stereocenters. The van der Waals surface area contributed by atoms with Crippen molar-refractivity contribution in [1.82, 2.24) is 10.2 Å². The van der Waals surface area contributed by atoms with Gasteiger partial charge in [-0.1, -0.05) is 6.92 Å². The Balaban J connectivity index is 1.77. The third-order valence-electron chi connectivity index (χ3n) is 4.21. The maximum Gasteiger partial charge on any atom is 0.222 e. The van der Waals surface area contributed by atoms with Crippen molar-refractivity contribution in [2.75, 3.05) is 37.7 Å². The van der Waals surface area contributed by atoms with Crippen molar-refractivity contribution in [3.8, 4) is 0 Å². The number of amides is 1. The molecule has 0 aliphatic carbocycles. The normalized spacial score (nSPS) is 27.6. The summed E-state index contributed by atoms with van der Waals surface area (Å²) in [5.74, 6) is 3.94. The van der Waals surface area contributed by atoms with E-state index in [2.05, 4.69) is 17.1 Å². The summed E-state index contributed by atoms with van der Waals surface area (Å²) in [5, 5.41) is 3.45. The number of hydrogen-bond donors (Lipinski definition) is 1. The van der Waals surface area contributed by atoms with Gasteiger partial charge in [-0.15, -0.1) is 0 Å². The molecule has 0 aromatic carbocycles. The Hall–Kier alpha value is -0.220. The second-order valence-electron chi connectivity index (χ2n) is 5.63. The van der Waals surface area contributed by atoms with Crippen molar-refractivity contribution in [2.45, 2.75) is 32.6 Å². The molecule has 2 heterocycles. The van der Waals surface area contributed by atoms with Crippen molar-refractivity contribution >= 4 is 17.7 Å². The van der Waals surface area contributed by atoms with E-state index in [1.54, 1.807) is 0 Å². The summed E-state index contributed by atoms with van der Waals surface area (Å²) in [6.45, 7) is 6.44. The van der Waals surface area contributed by atoms with Crippen LogP contribution in [0.25, 0.3) is 0 Å². The van der Waals surface area contributed by atoms with Crippen molar-refractivity contribution in [3.63, 3.8) is 0 Å². The van der Waals surface area contributed by atoms with E-state index >= 15 is 0 Å². The lowest BCUT2D eigenvalue weighted by Crippen LogP contribution is -2.38. The van der Waals surface area contributed by atoms with Crippen LogP contribution < -0.4 is 5.32 Å². The summed E-state index contributed by atoms with van der Waals surface area (Å²) in [6.07, 6.45) is 4.47. The average Bonchev–Trinajstić information content (AvgIpc) is 2.68. The molecular weight excluding hydrogens is 244 g/mol. The first-order chi connectivity index (χ1) is 8.77. The molecule has 2 aliphatic heterocycles. The van der Waals surface area contributed by atoms with Gasteiger partial charge in [-0.05, 0) is 49.9 Å². The molecule has 2 rings (SSSR count). The molecule has 2 atom stereocenters. The Morgan fingerprint density at radius 2 is 2.28 bits per heavy atom. The van der Waals surface area contributed by atoms with Crippen LogP contribution in [0.15, 0.2) is 0 Å². The maximum atomic E-state index is 12.3. The molecule has 2 fully saturated rings. The fourth-order valence-electron chi connectivity index (χ4n) is 2.93. The number of rotatable bonds is 3. The first-order valence-corrected chi connectivity index (χ1v) is 8.49. The Labute approximate surface area is 115 Å². The highest BCUT2D eigenvalue weighted by Crippen LogP contribution is 2.23. The number of piperidine rings is 1. The van der Waals surface area contributed by atoms with Gasteiger partial charge in [0.25, 0.3) is 0 Å². The van der Waals surface area contributed by atoms with Crippen LogP contribution in [0.3, 0.4) is 0 Å². The number of carbonyl (C=O) groups excluding carboxylic acids is 1. The van der Waals surface area contributed by atoms with Crippen LogP contribution in [0, 0.1) is 11.8 Å². The molecule has 3 nitrogen and oxygen atoms in total. The van der Waals surface area contributed by atoms with Crippen molar-refractivity contribution in [2.24, 2.45) is 11.8 Å². The molecule has 0 aromatic rings. The van der Waals surface area contributed by atoms with Gasteiger partial charge in [0.2, 0.25) is 5.91 Å². The number of nitrogens with one attached hydrogen (secondary N) is 1. The van der Waals surface area contributed by atoms with Crippen LogP contribution >= 0.6 is 11.8 Å². The largest absolute Gasteiger partial charge is 0.342 e. The fourth-order valence-corrected chi connectivity index (χ4v) is 3.82. The van der Waals surface area contributed by atoms with Crippen LogP contribution in [0.4, 0.5) is 0 Å². The molecule has 0 spiro atoms. The van der Waals surface area contributed by atoms with E-state index in [4.69, 9.17) is 0 Å². The Kier molecular flexibility index (Phi) is 5.83. The number of thioether (sulfide) groups is 1. The summed E-state index contributed by atoms with van der Waals surface area (Å²) in [6, 6.07) is 0. The highest BCUT2D eigenvalue weighted by molar-refractivity contribution is 7.99. The minimum absolute atomic E-state index is 0.385. The molecule has 104 valence electrons. The summed E-state index contributed by atoms with van der Waals surface area (Å²) in [7, 11) is 0. The number of carbonyl (C=O) groups is 1. The van der Waals surface area contributed by atoms with E-state index in [1.165, 1.54) is 18.6 Å². The molecule has 0 saturated carbocycles.